The molecule has 0 bridgehead atoms. The normalized spacial score (nSPS) is 15.8. The number of carbonyl (C=O) groups excluding carboxylic acids is 5. The van der Waals surface area contributed by atoms with E-state index in [2.05, 4.69) is 10.6 Å². The number of Topliss-reactive ketones (excluding diaryl/α,β-unsaturated/α-hetero) is 1. The highest BCUT2D eigenvalue weighted by atomic mass is 32.2. The fraction of sp³-hybridized carbons (Fsp3) is 0.190. The summed E-state index contributed by atoms with van der Waals surface area (Å²) in [6.07, 6.45) is -0.196. The van der Waals surface area contributed by atoms with Gasteiger partial charge in [0.2, 0.25) is 17.7 Å². The lowest BCUT2D eigenvalue weighted by Crippen LogP contribution is -2.36. The zero-order chi connectivity index (χ0) is 21.7. The van der Waals surface area contributed by atoms with Gasteiger partial charge in [-0.05, 0) is 24.3 Å². The molecule has 0 radical (unpaired) electrons. The molecule has 1 fully saturated rings. The van der Waals surface area contributed by atoms with E-state index in [1.807, 2.05) is 0 Å². The number of thioether (sulfide) groups is 1. The monoisotopic (exact) mass is 425 g/mol. The van der Waals surface area contributed by atoms with E-state index < -0.39 is 22.3 Å². The summed E-state index contributed by atoms with van der Waals surface area (Å²) in [6.45, 7) is 1.04. The molecule has 154 valence electrons. The molecule has 1 aliphatic rings. The van der Waals surface area contributed by atoms with E-state index >= 15 is 0 Å². The number of imide groups is 1. The zero-order valence-electron chi connectivity index (χ0n) is 16.1. The van der Waals surface area contributed by atoms with Crippen LogP contribution in [0.25, 0.3) is 0 Å². The Morgan fingerprint density at radius 3 is 2.13 bits per heavy atom. The number of ketones is 1. The van der Waals surface area contributed by atoms with Crippen LogP contribution in [0, 0.1) is 0 Å². The van der Waals surface area contributed by atoms with Gasteiger partial charge in [-0.1, -0.05) is 42.1 Å². The second-order valence-electron chi connectivity index (χ2n) is 6.60. The lowest BCUT2D eigenvalue weighted by molar-refractivity contribution is -0.128. The summed E-state index contributed by atoms with van der Waals surface area (Å²) in [5.74, 6) is -1.53. The first kappa shape index (κ1) is 21.3. The Labute approximate surface area is 177 Å². The fourth-order valence-electron chi connectivity index (χ4n) is 2.85. The molecule has 1 atom stereocenters. The van der Waals surface area contributed by atoms with Crippen molar-refractivity contribution in [1.82, 2.24) is 4.90 Å². The summed E-state index contributed by atoms with van der Waals surface area (Å²) in [4.78, 5) is 61.2. The summed E-state index contributed by atoms with van der Waals surface area (Å²) >= 11 is 0.744. The Hall–Kier alpha value is -3.46. The lowest BCUT2D eigenvalue weighted by atomic mass is 10.1. The van der Waals surface area contributed by atoms with Crippen molar-refractivity contribution in [1.29, 1.82) is 0 Å². The molecule has 0 spiro atoms. The predicted molar refractivity (Wildman–Crippen MR) is 113 cm³/mol. The molecule has 4 amide bonds. The molecule has 0 aliphatic carbocycles. The summed E-state index contributed by atoms with van der Waals surface area (Å²) in [6, 6.07) is 14.9. The van der Waals surface area contributed by atoms with Crippen molar-refractivity contribution >= 4 is 51.9 Å². The van der Waals surface area contributed by atoms with Crippen LogP contribution in [0.3, 0.4) is 0 Å². The largest absolute Gasteiger partial charge is 0.326 e. The number of hydrogen-bond acceptors (Lipinski definition) is 6. The smallest absolute Gasteiger partial charge is 0.289 e. The van der Waals surface area contributed by atoms with Crippen LogP contribution in [-0.2, 0) is 14.4 Å². The van der Waals surface area contributed by atoms with Gasteiger partial charge >= 0.3 is 0 Å². The Morgan fingerprint density at radius 1 is 0.933 bits per heavy atom. The number of anilines is 2. The summed E-state index contributed by atoms with van der Waals surface area (Å²) in [7, 11) is 0. The van der Waals surface area contributed by atoms with Gasteiger partial charge in [0.15, 0.2) is 5.78 Å². The summed E-state index contributed by atoms with van der Waals surface area (Å²) in [5.41, 5.74) is 1.49. The molecule has 1 aliphatic heterocycles. The lowest BCUT2D eigenvalue weighted by Gasteiger charge is -2.13. The quantitative estimate of drug-likeness (QED) is 0.660. The first-order valence-electron chi connectivity index (χ1n) is 9.11. The van der Waals surface area contributed by atoms with E-state index in [1.165, 1.54) is 6.92 Å². The second-order valence-corrected chi connectivity index (χ2v) is 7.75. The van der Waals surface area contributed by atoms with E-state index in [0.717, 1.165) is 16.7 Å². The molecule has 0 aromatic heterocycles. The maximum Gasteiger partial charge on any atom is 0.289 e. The Bertz CT molecular complexity index is 991. The number of nitrogens with one attached hydrogen (secondary N) is 2. The van der Waals surface area contributed by atoms with E-state index in [4.69, 9.17) is 0 Å². The van der Waals surface area contributed by atoms with Crippen LogP contribution in [0.4, 0.5) is 16.2 Å². The number of nitrogens with zero attached hydrogens (tertiary/aromatic N) is 1. The molecule has 3 rings (SSSR count). The molecule has 2 N–H and O–H groups in total. The van der Waals surface area contributed by atoms with Crippen molar-refractivity contribution < 1.29 is 24.0 Å². The van der Waals surface area contributed by atoms with Gasteiger partial charge in [-0.15, -0.1) is 0 Å². The van der Waals surface area contributed by atoms with Crippen LogP contribution >= 0.6 is 11.8 Å². The number of carbonyl (C=O) groups is 5. The maximum absolute atomic E-state index is 12.5. The van der Waals surface area contributed by atoms with Crippen molar-refractivity contribution in [2.24, 2.45) is 0 Å². The Morgan fingerprint density at radius 2 is 1.53 bits per heavy atom. The van der Waals surface area contributed by atoms with E-state index in [-0.39, 0.29) is 24.7 Å². The third-order valence-corrected chi connectivity index (χ3v) is 5.34. The highest BCUT2D eigenvalue weighted by Crippen LogP contribution is 2.29. The molecule has 30 heavy (non-hydrogen) atoms. The number of rotatable bonds is 7. The van der Waals surface area contributed by atoms with Gasteiger partial charge < -0.3 is 10.6 Å². The highest BCUT2D eigenvalue weighted by Gasteiger charge is 2.41. The van der Waals surface area contributed by atoms with Crippen molar-refractivity contribution in [3.05, 3.63) is 60.2 Å². The first-order valence-corrected chi connectivity index (χ1v) is 9.99. The van der Waals surface area contributed by atoms with Crippen LogP contribution in [0.5, 0.6) is 0 Å². The minimum Gasteiger partial charge on any atom is -0.326 e. The average molecular weight is 425 g/mol. The van der Waals surface area contributed by atoms with Gasteiger partial charge in [-0.25, -0.2) is 0 Å². The molecular weight excluding hydrogens is 406 g/mol. The number of benzene rings is 2. The summed E-state index contributed by atoms with van der Waals surface area (Å²) in [5, 5.41) is 3.85. The van der Waals surface area contributed by atoms with Gasteiger partial charge in [-0.2, -0.15) is 0 Å². The molecule has 2 aromatic rings. The Balaban J connectivity index is 1.56. The van der Waals surface area contributed by atoms with Gasteiger partial charge in [-0.3, -0.25) is 28.9 Å². The number of amides is 4. The zero-order valence-corrected chi connectivity index (χ0v) is 16.9. The van der Waals surface area contributed by atoms with Crippen LogP contribution in [0.1, 0.15) is 23.7 Å². The Kier molecular flexibility index (Phi) is 6.63. The number of hydrogen-bond donors (Lipinski definition) is 2. The average Bonchev–Trinajstić information content (AvgIpc) is 2.97. The van der Waals surface area contributed by atoms with Crippen molar-refractivity contribution in [3.8, 4) is 0 Å². The van der Waals surface area contributed by atoms with Gasteiger partial charge in [0.25, 0.3) is 5.24 Å². The van der Waals surface area contributed by atoms with Crippen LogP contribution < -0.4 is 10.6 Å². The summed E-state index contributed by atoms with van der Waals surface area (Å²) < 4.78 is 0. The predicted octanol–water partition coefficient (Wildman–Crippen LogP) is 2.92. The van der Waals surface area contributed by atoms with Crippen molar-refractivity contribution in [3.63, 3.8) is 0 Å². The standard InChI is InChI=1S/C21H19N3O5S/c1-13(25)22-15-7-9-16(10-8-15)23-19(27)11-18-20(28)24(21(29)30-18)12-17(26)14-5-3-2-4-6-14/h2-10,18H,11-12H2,1H3,(H,22,25)(H,23,27)/t18-/m1/s1. The van der Waals surface area contributed by atoms with Crippen molar-refractivity contribution in [2.45, 2.75) is 18.6 Å². The fourth-order valence-corrected chi connectivity index (χ4v) is 3.84. The molecule has 0 unspecified atom stereocenters. The first-order chi connectivity index (χ1) is 14.3. The highest BCUT2D eigenvalue weighted by molar-refractivity contribution is 8.15. The molecule has 2 aromatic carbocycles. The topological polar surface area (TPSA) is 113 Å². The van der Waals surface area contributed by atoms with Gasteiger partial charge in [0.05, 0.1) is 6.54 Å². The molecule has 0 saturated carbocycles. The minimum absolute atomic E-state index is 0.196. The molecular formula is C21H19N3O5S. The molecule has 1 heterocycles. The van der Waals surface area contributed by atoms with Gasteiger partial charge in [0.1, 0.15) is 5.25 Å². The van der Waals surface area contributed by atoms with Gasteiger partial charge in [0, 0.05) is 30.3 Å². The molecule has 1 saturated heterocycles. The van der Waals surface area contributed by atoms with E-state index in [0.29, 0.717) is 16.9 Å². The molecule has 8 nitrogen and oxygen atoms in total. The van der Waals surface area contributed by atoms with E-state index in [1.54, 1.807) is 54.6 Å². The van der Waals surface area contributed by atoms with Crippen molar-refractivity contribution in [2.75, 3.05) is 17.2 Å². The maximum atomic E-state index is 12.5. The van der Waals surface area contributed by atoms with Crippen LogP contribution in [0.2, 0.25) is 0 Å². The van der Waals surface area contributed by atoms with Crippen LogP contribution in [-0.4, -0.2) is 45.4 Å². The SMILES string of the molecule is CC(=O)Nc1ccc(NC(=O)C[C@H]2SC(=O)N(CC(=O)c3ccccc3)C2=O)cc1. The van der Waals surface area contributed by atoms with E-state index in [9.17, 15) is 24.0 Å². The third kappa shape index (κ3) is 5.32. The van der Waals surface area contributed by atoms with Crippen LogP contribution in [0.15, 0.2) is 54.6 Å². The molecule has 9 heteroatoms. The minimum atomic E-state index is -0.875. The second kappa shape index (κ2) is 9.36. The third-order valence-electron chi connectivity index (χ3n) is 4.26.